The van der Waals surface area contributed by atoms with Crippen molar-refractivity contribution in [2.45, 2.75) is 32.2 Å². The lowest BCUT2D eigenvalue weighted by atomic mass is 10.1. The van der Waals surface area contributed by atoms with Gasteiger partial charge >= 0.3 is 0 Å². The minimum Gasteiger partial charge on any atom is -0.491 e. The zero-order chi connectivity index (χ0) is 26.3. The molecule has 1 aromatic rings. The molecule has 108 valence electrons. The normalized spacial score (nSPS) is 27.9. The van der Waals surface area contributed by atoms with Gasteiger partial charge in [0, 0.05) is 33.4 Å². The standard InChI is InChI=1S/C15H25NO3/c1-12(2)16-10-14(17)11-19-15-6-4-13(5-7-15)8-9-18-3/h4-7,12,14,16-17H,8-11H2,1-3H3/i1D3,2D3,8D2,9D2,10D2,11D2. The SMILES string of the molecule is [2H]C([2H])([2H])C(NC([2H])([2H])C(O)C([2H])([2H])Oc1ccc(C([2H])([2H])C([2H])([2H])OC)cc1)C([2H])([2H])[2H]. The summed E-state index contributed by atoms with van der Waals surface area (Å²) in [6, 6.07) is 1.81. The summed E-state index contributed by atoms with van der Waals surface area (Å²) in [5, 5.41) is 11.9. The Morgan fingerprint density at radius 1 is 1.37 bits per heavy atom. The Morgan fingerprint density at radius 2 is 2.11 bits per heavy atom. The molecular weight excluding hydrogens is 242 g/mol. The number of hydrogen-bond acceptors (Lipinski definition) is 4. The zero-order valence-corrected chi connectivity index (χ0v) is 10.2. The summed E-state index contributed by atoms with van der Waals surface area (Å²) < 4.78 is 116. The van der Waals surface area contributed by atoms with E-state index < -0.39 is 51.8 Å². The molecule has 0 saturated heterocycles. The van der Waals surface area contributed by atoms with Crippen LogP contribution in [0.1, 0.15) is 38.5 Å². The monoisotopic (exact) mass is 281 g/mol. The lowest BCUT2D eigenvalue weighted by molar-refractivity contribution is 0.104. The maximum absolute atomic E-state index is 10.2. The molecule has 0 heterocycles. The number of aliphatic hydroxyl groups excluding tert-OH is 1. The molecule has 0 aliphatic rings. The molecule has 2 N–H and O–H groups in total. The molecule has 1 rings (SSSR count). The highest BCUT2D eigenvalue weighted by Crippen LogP contribution is 2.12. The van der Waals surface area contributed by atoms with E-state index in [2.05, 4.69) is 4.74 Å². The number of benzene rings is 1. The van der Waals surface area contributed by atoms with Gasteiger partial charge in [0.15, 0.2) is 0 Å². The van der Waals surface area contributed by atoms with E-state index in [1.54, 1.807) is 5.32 Å². The average Bonchev–Trinajstić information content (AvgIpc) is 2.63. The van der Waals surface area contributed by atoms with E-state index in [9.17, 15) is 5.11 Å². The number of hydrogen-bond donors (Lipinski definition) is 2. The van der Waals surface area contributed by atoms with Gasteiger partial charge in [-0.25, -0.2) is 0 Å². The molecule has 0 aliphatic heterocycles. The second-order valence-corrected chi connectivity index (χ2v) is 3.30. The van der Waals surface area contributed by atoms with Crippen LogP contribution in [0.4, 0.5) is 0 Å². The third-order valence-electron chi connectivity index (χ3n) is 1.80. The van der Waals surface area contributed by atoms with E-state index in [1.165, 1.54) is 0 Å². The van der Waals surface area contributed by atoms with Gasteiger partial charge in [-0.1, -0.05) is 25.8 Å². The van der Waals surface area contributed by atoms with Crippen LogP contribution >= 0.6 is 0 Å². The van der Waals surface area contributed by atoms with Crippen molar-refractivity contribution in [3.63, 3.8) is 0 Å². The number of rotatable bonds is 9. The molecule has 0 spiro atoms. The number of methoxy groups -OCH3 is 1. The van der Waals surface area contributed by atoms with Crippen molar-refractivity contribution < 1.29 is 33.8 Å². The van der Waals surface area contributed by atoms with Crippen LogP contribution in [-0.4, -0.2) is 44.0 Å². The highest BCUT2D eigenvalue weighted by atomic mass is 16.5. The van der Waals surface area contributed by atoms with Crippen LogP contribution < -0.4 is 10.1 Å². The molecule has 0 fully saturated rings. The van der Waals surface area contributed by atoms with Crippen LogP contribution in [0.2, 0.25) is 0 Å². The van der Waals surface area contributed by atoms with Gasteiger partial charge in [0.1, 0.15) is 18.4 Å². The molecule has 4 nitrogen and oxygen atoms in total. The maximum atomic E-state index is 10.2. The largest absolute Gasteiger partial charge is 0.491 e. The summed E-state index contributed by atoms with van der Waals surface area (Å²) in [6.07, 6.45) is -5.30. The fraction of sp³-hybridized carbons (Fsp3) is 0.600. The Kier molecular flexibility index (Phi) is 2.36. The number of aliphatic hydroxyl groups is 1. The number of aryl methyl sites for hydroxylation is 1. The van der Waals surface area contributed by atoms with Crippen molar-refractivity contribution in [1.82, 2.24) is 5.32 Å². The molecule has 19 heavy (non-hydrogen) atoms. The molecule has 0 aliphatic carbocycles. The molecule has 0 bridgehead atoms. The third-order valence-corrected chi connectivity index (χ3v) is 1.80. The Labute approximate surface area is 135 Å². The first kappa shape index (κ1) is 5.02. The van der Waals surface area contributed by atoms with E-state index in [1.807, 2.05) is 0 Å². The molecule has 4 heteroatoms. The Morgan fingerprint density at radius 3 is 2.74 bits per heavy atom. The molecule has 0 radical (unpaired) electrons. The fourth-order valence-corrected chi connectivity index (χ4v) is 1.03. The first-order chi connectivity index (χ1) is 14.5. The van der Waals surface area contributed by atoms with Crippen LogP contribution in [0.25, 0.3) is 0 Å². The van der Waals surface area contributed by atoms with Gasteiger partial charge in [-0.3, -0.25) is 0 Å². The van der Waals surface area contributed by atoms with Gasteiger partial charge in [-0.05, 0) is 24.1 Å². The summed E-state index contributed by atoms with van der Waals surface area (Å²) in [7, 11) is 0.982. The van der Waals surface area contributed by atoms with E-state index in [4.69, 9.17) is 23.9 Å². The van der Waals surface area contributed by atoms with Gasteiger partial charge in [-0.2, -0.15) is 0 Å². The molecule has 0 saturated carbocycles. The van der Waals surface area contributed by atoms with Crippen molar-refractivity contribution in [2.24, 2.45) is 0 Å². The van der Waals surface area contributed by atoms with Crippen LogP contribution in [0, 0.1) is 0 Å². The summed E-state index contributed by atoms with van der Waals surface area (Å²) in [5.41, 5.74) is -0.182. The van der Waals surface area contributed by atoms with E-state index in [0.717, 1.165) is 31.4 Å². The highest BCUT2D eigenvalue weighted by molar-refractivity contribution is 5.27. The smallest absolute Gasteiger partial charge is 0.119 e. The first-order valence-corrected chi connectivity index (χ1v) is 5.29. The van der Waals surface area contributed by atoms with Crippen LogP contribution in [0.15, 0.2) is 24.3 Å². The van der Waals surface area contributed by atoms with Gasteiger partial charge in [0.05, 0.1) is 12.0 Å². The molecule has 1 unspecified atom stereocenters. The highest BCUT2D eigenvalue weighted by Gasteiger charge is 2.05. The second kappa shape index (κ2) is 8.91. The van der Waals surface area contributed by atoms with Crippen LogP contribution in [-0.2, 0) is 11.1 Å². The molecular formula is C15H25NO3. The topological polar surface area (TPSA) is 50.7 Å². The van der Waals surface area contributed by atoms with Gasteiger partial charge in [0.2, 0.25) is 0 Å². The summed E-state index contributed by atoms with van der Waals surface area (Å²) >= 11 is 0. The molecule has 0 aromatic heterocycles. The lowest BCUT2D eigenvalue weighted by Crippen LogP contribution is -2.35. The first-order valence-electron chi connectivity index (χ1n) is 12.3. The lowest BCUT2D eigenvalue weighted by Gasteiger charge is -2.15. The summed E-state index contributed by atoms with van der Waals surface area (Å²) in [5.74, 6) is -0.310. The average molecular weight is 281 g/mol. The Balaban J connectivity index is 3.11. The quantitative estimate of drug-likeness (QED) is 0.722. The second-order valence-electron chi connectivity index (χ2n) is 3.30. The third kappa shape index (κ3) is 7.15. The minimum atomic E-state index is -3.26. The Hall–Kier alpha value is -1.10. The van der Waals surface area contributed by atoms with E-state index in [0.29, 0.717) is 0 Å². The number of ether oxygens (including phenoxy) is 2. The van der Waals surface area contributed by atoms with Crippen molar-refractivity contribution in [3.8, 4) is 5.75 Å². The van der Waals surface area contributed by atoms with Crippen molar-refractivity contribution in [1.29, 1.82) is 0 Å². The summed E-state index contributed by atoms with van der Waals surface area (Å²) in [6.45, 7) is -15.6. The van der Waals surface area contributed by atoms with E-state index in [-0.39, 0.29) is 11.3 Å². The zero-order valence-electron chi connectivity index (χ0n) is 24.2. The van der Waals surface area contributed by atoms with Crippen molar-refractivity contribution in [3.05, 3.63) is 29.8 Å². The predicted octanol–water partition coefficient (Wildman–Crippen LogP) is 1.61. The predicted molar refractivity (Wildman–Crippen MR) is 76.7 cm³/mol. The van der Waals surface area contributed by atoms with Crippen LogP contribution in [0.5, 0.6) is 5.75 Å². The van der Waals surface area contributed by atoms with E-state index >= 15 is 0 Å². The van der Waals surface area contributed by atoms with Crippen molar-refractivity contribution in [2.75, 3.05) is 26.7 Å². The Bertz CT molecular complexity index is 777. The summed E-state index contributed by atoms with van der Waals surface area (Å²) in [4.78, 5) is 0. The molecule has 1 atom stereocenters. The molecule has 1 aromatic carbocycles. The minimum absolute atomic E-state index is 0.182. The van der Waals surface area contributed by atoms with Crippen molar-refractivity contribution >= 4 is 0 Å². The van der Waals surface area contributed by atoms with Gasteiger partial charge in [0.25, 0.3) is 0 Å². The number of nitrogens with one attached hydrogen (secondary N) is 1. The van der Waals surface area contributed by atoms with Gasteiger partial charge in [-0.15, -0.1) is 0 Å². The fourth-order valence-electron chi connectivity index (χ4n) is 1.03. The van der Waals surface area contributed by atoms with Gasteiger partial charge < -0.3 is 19.9 Å². The maximum Gasteiger partial charge on any atom is 0.119 e. The van der Waals surface area contributed by atoms with Crippen LogP contribution in [0.3, 0.4) is 0 Å². The molecule has 0 amide bonds.